The number of benzene rings is 1. The molecule has 0 saturated heterocycles. The maximum absolute atomic E-state index is 9.93. The van der Waals surface area contributed by atoms with E-state index >= 15 is 0 Å². The fourth-order valence-corrected chi connectivity index (χ4v) is 4.04. The highest BCUT2D eigenvalue weighted by Gasteiger charge is 2.25. The van der Waals surface area contributed by atoms with Crippen LogP contribution in [0.4, 0.5) is 0 Å². The summed E-state index contributed by atoms with van der Waals surface area (Å²) in [5, 5.41) is 15.8. The lowest BCUT2D eigenvalue weighted by Crippen LogP contribution is -2.32. The van der Waals surface area contributed by atoms with E-state index in [1.54, 1.807) is 6.07 Å². The first-order chi connectivity index (χ1) is 10.2. The van der Waals surface area contributed by atoms with Crippen molar-refractivity contribution in [2.24, 2.45) is 0 Å². The zero-order chi connectivity index (χ0) is 14.8. The first-order valence-electron chi connectivity index (χ1n) is 7.41. The van der Waals surface area contributed by atoms with Crippen LogP contribution in [0.5, 0.6) is 5.75 Å². The van der Waals surface area contributed by atoms with Gasteiger partial charge in [-0.1, -0.05) is 18.2 Å². The first-order valence-corrected chi connectivity index (χ1v) is 8.28. The third-order valence-corrected chi connectivity index (χ3v) is 5.27. The second kappa shape index (κ2) is 6.18. The number of thiophene rings is 1. The molecule has 1 aliphatic carbocycles. The number of nitrogens with one attached hydrogen (secondary N) is 1. The van der Waals surface area contributed by atoms with Gasteiger partial charge in [-0.25, -0.2) is 0 Å². The Morgan fingerprint density at radius 1 is 1.33 bits per heavy atom. The van der Waals surface area contributed by atoms with Crippen molar-refractivity contribution in [3.8, 4) is 5.75 Å². The van der Waals surface area contributed by atoms with Gasteiger partial charge in [-0.2, -0.15) is 0 Å². The molecule has 0 saturated carbocycles. The van der Waals surface area contributed by atoms with Gasteiger partial charge in [0.15, 0.2) is 0 Å². The molecular formula is C17H22N2OS. The third kappa shape index (κ3) is 2.98. The molecule has 0 bridgehead atoms. The minimum atomic E-state index is 0.356. The first kappa shape index (κ1) is 14.6. The molecule has 0 aliphatic heterocycles. The predicted octanol–water partition coefficient (Wildman–Crippen LogP) is 3.33. The van der Waals surface area contributed by atoms with Crippen LogP contribution in [0.3, 0.4) is 0 Å². The maximum Gasteiger partial charge on any atom is 0.119 e. The fourth-order valence-electron chi connectivity index (χ4n) is 3.12. The van der Waals surface area contributed by atoms with Crippen LogP contribution in [-0.2, 0) is 6.42 Å². The summed E-state index contributed by atoms with van der Waals surface area (Å²) in [6.07, 6.45) is 2.03. The summed E-state index contributed by atoms with van der Waals surface area (Å²) in [5.41, 5.74) is 2.38. The monoisotopic (exact) mass is 302 g/mol. The van der Waals surface area contributed by atoms with E-state index in [4.69, 9.17) is 0 Å². The summed E-state index contributed by atoms with van der Waals surface area (Å²) in [7, 11) is 4.25. The molecule has 0 spiro atoms. The van der Waals surface area contributed by atoms with Crippen LogP contribution in [0.2, 0.25) is 0 Å². The zero-order valence-electron chi connectivity index (χ0n) is 12.5. The van der Waals surface area contributed by atoms with Gasteiger partial charge in [0.05, 0.1) is 6.04 Å². The van der Waals surface area contributed by atoms with Crippen molar-refractivity contribution in [3.63, 3.8) is 0 Å². The van der Waals surface area contributed by atoms with Crippen molar-refractivity contribution in [2.45, 2.75) is 24.9 Å². The van der Waals surface area contributed by atoms with E-state index in [-0.39, 0.29) is 0 Å². The standard InChI is InChI=1S/C17H22N2OS/c1-19(2)15(17-7-4-10-21-17)11-18-14-9-8-13-12(14)5-3-6-16(13)20/h3-7,10,14-15,18,20H,8-9,11H2,1-2H3. The summed E-state index contributed by atoms with van der Waals surface area (Å²) in [6.45, 7) is 0.924. The lowest BCUT2D eigenvalue weighted by Gasteiger charge is -2.26. The molecular weight excluding hydrogens is 280 g/mol. The molecule has 112 valence electrons. The number of rotatable bonds is 5. The molecule has 0 radical (unpaired) electrons. The van der Waals surface area contributed by atoms with E-state index in [9.17, 15) is 5.11 Å². The summed E-state index contributed by atoms with van der Waals surface area (Å²) in [5.74, 6) is 0.444. The lowest BCUT2D eigenvalue weighted by atomic mass is 10.1. The Bertz CT molecular complexity index is 595. The van der Waals surface area contributed by atoms with Gasteiger partial charge in [0.25, 0.3) is 0 Å². The molecule has 1 aromatic heterocycles. The summed E-state index contributed by atoms with van der Waals surface area (Å²) in [4.78, 5) is 3.65. The Balaban J connectivity index is 1.70. The Morgan fingerprint density at radius 3 is 2.90 bits per heavy atom. The van der Waals surface area contributed by atoms with Crippen molar-refractivity contribution in [1.82, 2.24) is 10.2 Å². The second-order valence-electron chi connectivity index (χ2n) is 5.84. The Morgan fingerprint density at radius 2 is 2.19 bits per heavy atom. The van der Waals surface area contributed by atoms with Crippen molar-refractivity contribution in [3.05, 3.63) is 51.7 Å². The van der Waals surface area contributed by atoms with Crippen molar-refractivity contribution < 1.29 is 5.11 Å². The number of nitrogens with zero attached hydrogens (tertiary/aromatic N) is 1. The highest BCUT2D eigenvalue weighted by atomic mass is 32.1. The topological polar surface area (TPSA) is 35.5 Å². The number of hydrogen-bond acceptors (Lipinski definition) is 4. The van der Waals surface area contributed by atoms with Gasteiger partial charge in [0, 0.05) is 17.5 Å². The summed E-state index contributed by atoms with van der Waals surface area (Å²) in [6, 6.07) is 10.9. The van der Waals surface area contributed by atoms with Crippen LogP contribution in [-0.4, -0.2) is 30.6 Å². The molecule has 0 fully saturated rings. The van der Waals surface area contributed by atoms with Gasteiger partial charge >= 0.3 is 0 Å². The minimum absolute atomic E-state index is 0.356. The fraction of sp³-hybridized carbons (Fsp3) is 0.412. The number of hydrogen-bond donors (Lipinski definition) is 2. The predicted molar refractivity (Wildman–Crippen MR) is 87.9 cm³/mol. The van der Waals surface area contributed by atoms with Gasteiger partial charge < -0.3 is 15.3 Å². The van der Waals surface area contributed by atoms with Gasteiger partial charge in [-0.3, -0.25) is 0 Å². The van der Waals surface area contributed by atoms with Crippen LogP contribution in [0.15, 0.2) is 35.7 Å². The lowest BCUT2D eigenvalue weighted by molar-refractivity contribution is 0.283. The molecule has 1 aromatic carbocycles. The highest BCUT2D eigenvalue weighted by Crippen LogP contribution is 2.36. The number of phenols is 1. The quantitative estimate of drug-likeness (QED) is 0.889. The number of fused-ring (bicyclic) bond motifs is 1. The highest BCUT2D eigenvalue weighted by molar-refractivity contribution is 7.10. The van der Waals surface area contributed by atoms with E-state index in [1.165, 1.54) is 10.4 Å². The molecule has 1 heterocycles. The minimum Gasteiger partial charge on any atom is -0.508 e. The average Bonchev–Trinajstić information content (AvgIpc) is 3.09. The zero-order valence-corrected chi connectivity index (χ0v) is 13.4. The second-order valence-corrected chi connectivity index (χ2v) is 6.82. The summed E-state index contributed by atoms with van der Waals surface area (Å²) < 4.78 is 0. The molecule has 3 rings (SSSR count). The molecule has 2 atom stereocenters. The van der Waals surface area contributed by atoms with Crippen LogP contribution < -0.4 is 5.32 Å². The third-order valence-electron chi connectivity index (χ3n) is 4.30. The van der Waals surface area contributed by atoms with Crippen LogP contribution in [0, 0.1) is 0 Å². The Hall–Kier alpha value is -1.36. The van der Waals surface area contributed by atoms with Gasteiger partial charge in [0.2, 0.25) is 0 Å². The van der Waals surface area contributed by atoms with Gasteiger partial charge in [-0.15, -0.1) is 11.3 Å². The van der Waals surface area contributed by atoms with Crippen molar-refractivity contribution in [1.29, 1.82) is 0 Å². The number of aromatic hydroxyl groups is 1. The normalized spacial score (nSPS) is 18.9. The van der Waals surface area contributed by atoms with E-state index in [0.717, 1.165) is 24.9 Å². The van der Waals surface area contributed by atoms with E-state index in [0.29, 0.717) is 17.8 Å². The van der Waals surface area contributed by atoms with Gasteiger partial charge in [0.1, 0.15) is 5.75 Å². The molecule has 2 unspecified atom stereocenters. The van der Waals surface area contributed by atoms with E-state index < -0.39 is 0 Å². The van der Waals surface area contributed by atoms with E-state index in [1.807, 2.05) is 17.4 Å². The molecule has 1 aliphatic rings. The van der Waals surface area contributed by atoms with Crippen molar-refractivity contribution in [2.75, 3.05) is 20.6 Å². The van der Waals surface area contributed by atoms with Crippen LogP contribution in [0.1, 0.15) is 34.5 Å². The average molecular weight is 302 g/mol. The molecule has 3 nitrogen and oxygen atoms in total. The number of likely N-dealkylation sites (N-methyl/N-ethyl adjacent to an activating group) is 1. The number of phenolic OH excluding ortho intramolecular Hbond substituents is 1. The van der Waals surface area contributed by atoms with Crippen LogP contribution in [0.25, 0.3) is 0 Å². The smallest absolute Gasteiger partial charge is 0.119 e. The Kier molecular flexibility index (Phi) is 4.29. The molecule has 0 amide bonds. The molecule has 2 aromatic rings. The summed E-state index contributed by atoms with van der Waals surface area (Å²) >= 11 is 1.81. The Labute approximate surface area is 130 Å². The maximum atomic E-state index is 9.93. The largest absolute Gasteiger partial charge is 0.508 e. The molecule has 21 heavy (non-hydrogen) atoms. The molecule has 4 heteroatoms. The van der Waals surface area contributed by atoms with Crippen molar-refractivity contribution >= 4 is 11.3 Å². The van der Waals surface area contributed by atoms with E-state index in [2.05, 4.69) is 47.9 Å². The SMILES string of the molecule is CN(C)C(CNC1CCc2c(O)cccc21)c1cccs1. The van der Waals surface area contributed by atoms with Gasteiger partial charge in [-0.05, 0) is 55.6 Å². The van der Waals surface area contributed by atoms with Crippen LogP contribution >= 0.6 is 11.3 Å². The molecule has 2 N–H and O–H groups in total.